The molecule has 0 saturated heterocycles. The summed E-state index contributed by atoms with van der Waals surface area (Å²) in [4.78, 5) is 0. The van der Waals surface area contributed by atoms with Gasteiger partial charge in [0, 0.05) is 0 Å². The van der Waals surface area contributed by atoms with Gasteiger partial charge in [0.1, 0.15) is 0 Å². The van der Waals surface area contributed by atoms with Crippen LogP contribution in [-0.2, 0) is 0 Å². The monoisotopic (exact) mass is 147 g/mol. The van der Waals surface area contributed by atoms with Gasteiger partial charge >= 0.3 is 0 Å². The van der Waals surface area contributed by atoms with Crippen molar-refractivity contribution in [2.45, 2.75) is 32.1 Å². The summed E-state index contributed by atoms with van der Waals surface area (Å²) in [6.45, 7) is 0.848. The lowest BCUT2D eigenvalue weighted by atomic mass is 10.2. The molecule has 0 aliphatic rings. The number of rotatable bonds is 6. The molecular formula is C7H17NS. The smallest absolute Gasteiger partial charge is 0.00773 e. The van der Waals surface area contributed by atoms with E-state index in [9.17, 15) is 0 Å². The van der Waals surface area contributed by atoms with Crippen LogP contribution >= 0.6 is 12.6 Å². The minimum atomic E-state index is 0.848. The summed E-state index contributed by atoms with van der Waals surface area (Å²) in [5.41, 5.74) is 5.33. The molecule has 0 heterocycles. The van der Waals surface area contributed by atoms with Crippen LogP contribution in [0.1, 0.15) is 32.1 Å². The Labute approximate surface area is 63.4 Å². The van der Waals surface area contributed by atoms with E-state index in [1.165, 1.54) is 32.1 Å². The normalized spacial score (nSPS) is 10.0. The van der Waals surface area contributed by atoms with Crippen molar-refractivity contribution < 1.29 is 0 Å². The molecular weight excluding hydrogens is 130 g/mol. The molecule has 0 aliphatic heterocycles. The average Bonchev–Trinajstić information content (AvgIpc) is 1.89. The molecule has 0 rings (SSSR count). The van der Waals surface area contributed by atoms with Gasteiger partial charge < -0.3 is 5.73 Å². The van der Waals surface area contributed by atoms with Crippen molar-refractivity contribution in [3.63, 3.8) is 0 Å². The predicted molar refractivity (Wildman–Crippen MR) is 46.0 cm³/mol. The molecule has 0 fully saturated rings. The maximum Gasteiger partial charge on any atom is -0.00773 e. The van der Waals surface area contributed by atoms with Crippen molar-refractivity contribution in [3.8, 4) is 0 Å². The first-order valence-corrected chi connectivity index (χ1v) is 4.36. The Morgan fingerprint density at radius 3 is 2.00 bits per heavy atom. The minimum Gasteiger partial charge on any atom is -0.330 e. The molecule has 0 unspecified atom stereocenters. The number of hydrogen-bond acceptors (Lipinski definition) is 2. The zero-order valence-corrected chi connectivity index (χ0v) is 6.87. The van der Waals surface area contributed by atoms with E-state index in [0.717, 1.165) is 12.3 Å². The molecule has 2 heteroatoms. The van der Waals surface area contributed by atoms with Gasteiger partial charge in [0.15, 0.2) is 0 Å². The SMILES string of the molecule is NCCCCCCCS. The van der Waals surface area contributed by atoms with Crippen molar-refractivity contribution in [2.75, 3.05) is 12.3 Å². The van der Waals surface area contributed by atoms with Crippen molar-refractivity contribution in [3.05, 3.63) is 0 Å². The number of nitrogens with two attached hydrogens (primary N) is 1. The Morgan fingerprint density at radius 1 is 0.889 bits per heavy atom. The first-order valence-electron chi connectivity index (χ1n) is 3.72. The first-order chi connectivity index (χ1) is 4.41. The average molecular weight is 147 g/mol. The highest BCUT2D eigenvalue weighted by atomic mass is 32.1. The standard InChI is InChI=1S/C7H17NS/c8-6-4-2-1-3-5-7-9/h9H,1-8H2. The van der Waals surface area contributed by atoms with Crippen LogP contribution in [0, 0.1) is 0 Å². The van der Waals surface area contributed by atoms with Gasteiger partial charge in [-0.3, -0.25) is 0 Å². The summed E-state index contributed by atoms with van der Waals surface area (Å²) in [6.07, 6.45) is 6.39. The van der Waals surface area contributed by atoms with Crippen molar-refractivity contribution >= 4 is 12.6 Å². The molecule has 0 aliphatic carbocycles. The highest BCUT2D eigenvalue weighted by molar-refractivity contribution is 7.80. The van der Waals surface area contributed by atoms with E-state index < -0.39 is 0 Å². The highest BCUT2D eigenvalue weighted by Gasteiger charge is 1.86. The first kappa shape index (κ1) is 9.31. The van der Waals surface area contributed by atoms with Gasteiger partial charge in [-0.25, -0.2) is 0 Å². The largest absolute Gasteiger partial charge is 0.330 e. The highest BCUT2D eigenvalue weighted by Crippen LogP contribution is 2.02. The topological polar surface area (TPSA) is 26.0 Å². The quantitative estimate of drug-likeness (QED) is 0.435. The number of hydrogen-bond donors (Lipinski definition) is 2. The second-order valence-electron chi connectivity index (χ2n) is 2.28. The molecule has 1 nitrogen and oxygen atoms in total. The van der Waals surface area contributed by atoms with Crippen LogP contribution in [0.2, 0.25) is 0 Å². The van der Waals surface area contributed by atoms with E-state index >= 15 is 0 Å². The maximum atomic E-state index is 5.33. The molecule has 9 heavy (non-hydrogen) atoms. The Kier molecular flexibility index (Phi) is 8.60. The van der Waals surface area contributed by atoms with E-state index in [-0.39, 0.29) is 0 Å². The van der Waals surface area contributed by atoms with Gasteiger partial charge in [-0.2, -0.15) is 12.6 Å². The maximum absolute atomic E-state index is 5.33. The van der Waals surface area contributed by atoms with Gasteiger partial charge in [-0.05, 0) is 25.1 Å². The fourth-order valence-corrected chi connectivity index (χ4v) is 1.01. The summed E-state index contributed by atoms with van der Waals surface area (Å²) >= 11 is 4.12. The van der Waals surface area contributed by atoms with Crippen molar-refractivity contribution in [1.29, 1.82) is 0 Å². The minimum absolute atomic E-state index is 0.848. The van der Waals surface area contributed by atoms with Crippen molar-refractivity contribution in [1.82, 2.24) is 0 Å². The molecule has 0 atom stereocenters. The number of thiol groups is 1. The second kappa shape index (κ2) is 8.31. The van der Waals surface area contributed by atoms with Gasteiger partial charge in [0.2, 0.25) is 0 Å². The summed E-state index contributed by atoms with van der Waals surface area (Å²) in [5, 5.41) is 0. The van der Waals surface area contributed by atoms with E-state index in [1.54, 1.807) is 0 Å². The Bertz CT molecular complexity index is 42.2. The van der Waals surface area contributed by atoms with E-state index in [1.807, 2.05) is 0 Å². The van der Waals surface area contributed by atoms with Crippen LogP contribution in [0.25, 0.3) is 0 Å². The predicted octanol–water partition coefficient (Wildman–Crippen LogP) is 1.83. The fourth-order valence-electron chi connectivity index (χ4n) is 0.786. The van der Waals surface area contributed by atoms with Crippen LogP contribution < -0.4 is 5.73 Å². The summed E-state index contributed by atoms with van der Waals surface area (Å²) in [7, 11) is 0. The van der Waals surface area contributed by atoms with Gasteiger partial charge in [-0.15, -0.1) is 0 Å². The summed E-state index contributed by atoms with van der Waals surface area (Å²) in [5.74, 6) is 1.03. The molecule has 56 valence electrons. The molecule has 0 bridgehead atoms. The summed E-state index contributed by atoms with van der Waals surface area (Å²) < 4.78 is 0. The van der Waals surface area contributed by atoms with Crippen LogP contribution in [0.3, 0.4) is 0 Å². The molecule has 0 spiro atoms. The molecule has 0 aromatic heterocycles. The number of unbranched alkanes of at least 4 members (excludes halogenated alkanes) is 4. The van der Waals surface area contributed by atoms with Crippen LogP contribution in [0.4, 0.5) is 0 Å². The fraction of sp³-hybridized carbons (Fsp3) is 1.00. The summed E-state index contributed by atoms with van der Waals surface area (Å²) in [6, 6.07) is 0. The lowest BCUT2D eigenvalue weighted by Crippen LogP contribution is -1.97. The third kappa shape index (κ3) is 8.31. The lowest BCUT2D eigenvalue weighted by molar-refractivity contribution is 0.641. The Balaban J connectivity index is 2.60. The third-order valence-electron chi connectivity index (χ3n) is 1.36. The zero-order chi connectivity index (χ0) is 6.95. The van der Waals surface area contributed by atoms with Crippen LogP contribution in [0.15, 0.2) is 0 Å². The van der Waals surface area contributed by atoms with Crippen LogP contribution in [0.5, 0.6) is 0 Å². The molecule has 0 saturated carbocycles. The third-order valence-corrected chi connectivity index (χ3v) is 1.68. The van der Waals surface area contributed by atoms with Crippen LogP contribution in [-0.4, -0.2) is 12.3 Å². The Morgan fingerprint density at radius 2 is 1.44 bits per heavy atom. The van der Waals surface area contributed by atoms with E-state index in [0.29, 0.717) is 0 Å². The molecule has 2 N–H and O–H groups in total. The molecule has 0 aromatic rings. The van der Waals surface area contributed by atoms with E-state index in [2.05, 4.69) is 12.6 Å². The zero-order valence-electron chi connectivity index (χ0n) is 5.97. The van der Waals surface area contributed by atoms with Gasteiger partial charge in [-0.1, -0.05) is 19.3 Å². The molecule has 0 aromatic carbocycles. The Hall–Kier alpha value is 0.310. The van der Waals surface area contributed by atoms with Gasteiger partial charge in [0.05, 0.1) is 0 Å². The lowest BCUT2D eigenvalue weighted by Gasteiger charge is -1.95. The molecule has 0 radical (unpaired) electrons. The van der Waals surface area contributed by atoms with Gasteiger partial charge in [0.25, 0.3) is 0 Å². The molecule has 0 amide bonds. The van der Waals surface area contributed by atoms with E-state index in [4.69, 9.17) is 5.73 Å². The van der Waals surface area contributed by atoms with Crippen molar-refractivity contribution in [2.24, 2.45) is 5.73 Å². The second-order valence-corrected chi connectivity index (χ2v) is 2.73.